The Hall–Kier alpha value is -2.60. The molecule has 1 aliphatic rings. The first kappa shape index (κ1) is 19.2. The van der Waals surface area contributed by atoms with Crippen molar-refractivity contribution in [2.24, 2.45) is 0 Å². The van der Waals surface area contributed by atoms with E-state index in [0.29, 0.717) is 22.9 Å². The molecule has 3 rings (SSSR count). The highest BCUT2D eigenvalue weighted by atomic mass is 32.1. The van der Waals surface area contributed by atoms with Gasteiger partial charge in [-0.2, -0.15) is 13.2 Å². The van der Waals surface area contributed by atoms with Gasteiger partial charge in [-0.15, -0.1) is 17.8 Å². The van der Waals surface area contributed by atoms with E-state index in [9.17, 15) is 18.0 Å². The van der Waals surface area contributed by atoms with Crippen molar-refractivity contribution in [3.63, 3.8) is 0 Å². The van der Waals surface area contributed by atoms with Gasteiger partial charge < -0.3 is 10.2 Å². The number of piperidine rings is 1. The molecule has 5 nitrogen and oxygen atoms in total. The molecule has 1 amide bonds. The molecule has 0 spiro atoms. The topological polar surface area (TPSA) is 58.1 Å². The number of hydrogen-bond donors (Lipinski definition) is 1. The molecule has 27 heavy (non-hydrogen) atoms. The number of nitrogens with zero attached hydrogens (tertiary/aromatic N) is 3. The molecule has 142 valence electrons. The molecule has 1 atom stereocenters. The molecule has 9 heteroatoms. The molecule has 1 saturated heterocycles. The van der Waals surface area contributed by atoms with Gasteiger partial charge in [0.2, 0.25) is 0 Å². The molecule has 2 aromatic heterocycles. The van der Waals surface area contributed by atoms with Gasteiger partial charge >= 0.3 is 6.18 Å². The molecule has 1 unspecified atom stereocenters. The predicted octanol–water partition coefficient (Wildman–Crippen LogP) is 3.30. The van der Waals surface area contributed by atoms with E-state index in [-0.39, 0.29) is 18.4 Å². The Labute approximate surface area is 158 Å². The summed E-state index contributed by atoms with van der Waals surface area (Å²) in [5, 5.41) is 4.13. The van der Waals surface area contributed by atoms with Crippen molar-refractivity contribution in [3.8, 4) is 12.3 Å². The van der Waals surface area contributed by atoms with Crippen LogP contribution in [-0.4, -0.2) is 35.5 Å². The standard InChI is InChI=1S/C18H17F3N4OS/c1-2-7-22-16(26)12-5-6-15(23-9-12)25-8-3-4-13(10-25)17-24-14(11-27-17)18(19,20)21/h1,5-6,9,11,13H,3-4,7-8,10H2,(H,22,26). The monoisotopic (exact) mass is 394 g/mol. The minimum absolute atomic E-state index is 0.0692. The van der Waals surface area contributed by atoms with Gasteiger partial charge in [0.25, 0.3) is 5.91 Å². The highest BCUT2D eigenvalue weighted by Gasteiger charge is 2.35. The van der Waals surface area contributed by atoms with Gasteiger partial charge in [-0.3, -0.25) is 4.79 Å². The fraction of sp³-hybridized carbons (Fsp3) is 0.389. The lowest BCUT2D eigenvalue weighted by atomic mass is 9.98. The molecular formula is C18H17F3N4OS. The lowest BCUT2D eigenvalue weighted by Gasteiger charge is -2.32. The van der Waals surface area contributed by atoms with Gasteiger partial charge in [-0.05, 0) is 25.0 Å². The number of pyridine rings is 1. The number of nitrogens with one attached hydrogen (secondary N) is 1. The van der Waals surface area contributed by atoms with Gasteiger partial charge in [-0.1, -0.05) is 5.92 Å². The Morgan fingerprint density at radius 2 is 2.26 bits per heavy atom. The first-order valence-electron chi connectivity index (χ1n) is 8.33. The van der Waals surface area contributed by atoms with E-state index in [0.717, 1.165) is 36.1 Å². The largest absolute Gasteiger partial charge is 0.434 e. The molecule has 1 aliphatic heterocycles. The minimum atomic E-state index is -4.42. The number of terminal acetylenes is 1. The highest BCUT2D eigenvalue weighted by Crippen LogP contribution is 2.35. The number of hydrogen-bond acceptors (Lipinski definition) is 5. The number of aromatic nitrogens is 2. The first-order valence-corrected chi connectivity index (χ1v) is 9.21. The van der Waals surface area contributed by atoms with Crippen LogP contribution in [0.4, 0.5) is 19.0 Å². The molecular weight excluding hydrogens is 377 g/mol. The maximum absolute atomic E-state index is 12.8. The van der Waals surface area contributed by atoms with Gasteiger partial charge in [0.05, 0.1) is 17.1 Å². The number of anilines is 1. The van der Waals surface area contributed by atoms with E-state index in [1.807, 2.05) is 4.90 Å². The van der Waals surface area contributed by atoms with Gasteiger partial charge in [-0.25, -0.2) is 9.97 Å². The molecule has 1 N–H and O–H groups in total. The Balaban J connectivity index is 1.68. The summed E-state index contributed by atoms with van der Waals surface area (Å²) in [6.45, 7) is 1.44. The second-order valence-corrected chi connectivity index (χ2v) is 7.04. The maximum Gasteiger partial charge on any atom is 0.434 e. The summed E-state index contributed by atoms with van der Waals surface area (Å²) in [6, 6.07) is 3.39. The predicted molar refractivity (Wildman–Crippen MR) is 96.7 cm³/mol. The molecule has 0 saturated carbocycles. The number of rotatable bonds is 4. The van der Waals surface area contributed by atoms with Gasteiger partial charge in [0.1, 0.15) is 5.82 Å². The van der Waals surface area contributed by atoms with Crippen molar-refractivity contribution in [1.29, 1.82) is 0 Å². The van der Waals surface area contributed by atoms with Crippen LogP contribution in [0.15, 0.2) is 23.7 Å². The molecule has 0 aliphatic carbocycles. The van der Waals surface area contributed by atoms with E-state index in [1.54, 1.807) is 12.1 Å². The molecule has 0 radical (unpaired) electrons. The third-order valence-electron chi connectivity index (χ3n) is 4.27. The van der Waals surface area contributed by atoms with E-state index >= 15 is 0 Å². The Kier molecular flexibility index (Phi) is 5.65. The number of thiazole rings is 1. The number of halogens is 3. The highest BCUT2D eigenvalue weighted by molar-refractivity contribution is 7.09. The van der Waals surface area contributed by atoms with Gasteiger partial charge in [0, 0.05) is 30.6 Å². The first-order chi connectivity index (χ1) is 12.9. The van der Waals surface area contributed by atoms with E-state index in [1.165, 1.54) is 6.20 Å². The fourth-order valence-electron chi connectivity index (χ4n) is 2.93. The molecule has 2 aromatic rings. The lowest BCUT2D eigenvalue weighted by Crippen LogP contribution is -2.35. The average Bonchev–Trinajstić information content (AvgIpc) is 3.17. The zero-order valence-corrected chi connectivity index (χ0v) is 15.1. The summed E-state index contributed by atoms with van der Waals surface area (Å²) in [4.78, 5) is 22.0. The zero-order chi connectivity index (χ0) is 19.4. The lowest BCUT2D eigenvalue weighted by molar-refractivity contribution is -0.140. The summed E-state index contributed by atoms with van der Waals surface area (Å²) >= 11 is 1.05. The normalized spacial score (nSPS) is 17.4. The van der Waals surface area contributed by atoms with Crippen LogP contribution in [0.1, 0.15) is 39.8 Å². The quantitative estimate of drug-likeness (QED) is 0.809. The smallest absolute Gasteiger partial charge is 0.356 e. The Bertz CT molecular complexity index is 842. The second kappa shape index (κ2) is 7.96. The maximum atomic E-state index is 12.8. The van der Waals surface area contributed by atoms with Crippen LogP contribution in [0.5, 0.6) is 0 Å². The molecule has 0 aromatic carbocycles. The summed E-state index contributed by atoms with van der Waals surface area (Å²) in [5.74, 6) is 2.64. The summed E-state index contributed by atoms with van der Waals surface area (Å²) in [6.07, 6.45) is 3.78. The summed E-state index contributed by atoms with van der Waals surface area (Å²) in [5.41, 5.74) is -0.433. The Morgan fingerprint density at radius 3 is 2.89 bits per heavy atom. The average molecular weight is 394 g/mol. The van der Waals surface area contributed by atoms with E-state index in [4.69, 9.17) is 6.42 Å². The van der Waals surface area contributed by atoms with Crippen molar-refractivity contribution in [3.05, 3.63) is 40.0 Å². The van der Waals surface area contributed by atoms with Gasteiger partial charge in [0.15, 0.2) is 5.69 Å². The van der Waals surface area contributed by atoms with Crippen molar-refractivity contribution in [1.82, 2.24) is 15.3 Å². The minimum Gasteiger partial charge on any atom is -0.356 e. The molecule has 3 heterocycles. The number of carbonyl (C=O) groups is 1. The Morgan fingerprint density at radius 1 is 1.44 bits per heavy atom. The summed E-state index contributed by atoms with van der Waals surface area (Å²) < 4.78 is 38.3. The van der Waals surface area contributed by atoms with Crippen LogP contribution in [0.25, 0.3) is 0 Å². The van der Waals surface area contributed by atoms with Crippen LogP contribution in [0.3, 0.4) is 0 Å². The van der Waals surface area contributed by atoms with Crippen LogP contribution in [-0.2, 0) is 6.18 Å². The van der Waals surface area contributed by atoms with Crippen LogP contribution in [0.2, 0.25) is 0 Å². The van der Waals surface area contributed by atoms with E-state index in [2.05, 4.69) is 21.2 Å². The fourth-order valence-corrected chi connectivity index (χ4v) is 3.89. The third kappa shape index (κ3) is 4.57. The number of carbonyl (C=O) groups excluding carboxylic acids is 1. The zero-order valence-electron chi connectivity index (χ0n) is 14.3. The number of alkyl halides is 3. The third-order valence-corrected chi connectivity index (χ3v) is 5.28. The SMILES string of the molecule is C#CCNC(=O)c1ccc(N2CCCC(c3nc(C(F)(F)F)cs3)C2)nc1. The van der Waals surface area contributed by atoms with Crippen LogP contribution < -0.4 is 10.2 Å². The summed E-state index contributed by atoms with van der Waals surface area (Å²) in [7, 11) is 0. The van der Waals surface area contributed by atoms with Crippen molar-refractivity contribution >= 4 is 23.1 Å². The molecule has 1 fully saturated rings. The van der Waals surface area contributed by atoms with Crippen LogP contribution >= 0.6 is 11.3 Å². The van der Waals surface area contributed by atoms with Crippen molar-refractivity contribution < 1.29 is 18.0 Å². The second-order valence-electron chi connectivity index (χ2n) is 6.15. The van der Waals surface area contributed by atoms with E-state index < -0.39 is 11.9 Å². The van der Waals surface area contributed by atoms with Crippen molar-refractivity contribution in [2.45, 2.75) is 24.9 Å². The van der Waals surface area contributed by atoms with Crippen molar-refractivity contribution in [2.75, 3.05) is 24.5 Å². The molecule has 0 bridgehead atoms. The number of amides is 1. The van der Waals surface area contributed by atoms with Crippen LogP contribution in [0, 0.1) is 12.3 Å².